The Morgan fingerprint density at radius 3 is 2.44 bits per heavy atom. The van der Waals surface area contributed by atoms with Crippen molar-refractivity contribution in [2.75, 3.05) is 30.4 Å². The Morgan fingerprint density at radius 1 is 1.03 bits per heavy atom. The molecule has 1 aliphatic heterocycles. The van der Waals surface area contributed by atoms with Gasteiger partial charge in [0, 0.05) is 28.5 Å². The average Bonchev–Trinajstić information content (AvgIpc) is 2.84. The third-order valence-corrected chi connectivity index (χ3v) is 7.58. The van der Waals surface area contributed by atoms with Crippen LogP contribution in [0, 0.1) is 6.92 Å². The Balaban J connectivity index is 1.61. The number of aryl methyl sites for hydroxylation is 2. The van der Waals surface area contributed by atoms with Gasteiger partial charge in [0.05, 0.1) is 14.2 Å². The molecule has 1 amide bonds. The molecule has 1 heterocycles. The number of ether oxygens (including phenoxy) is 2. The van der Waals surface area contributed by atoms with E-state index in [0.29, 0.717) is 34.1 Å². The van der Waals surface area contributed by atoms with Crippen molar-refractivity contribution >= 4 is 38.9 Å². The molecule has 178 valence electrons. The fraction of sp³-hybridized carbons (Fsp3) is 0.240. The first kappa shape index (κ1) is 23.9. The number of hydrogen-bond acceptors (Lipinski definition) is 5. The summed E-state index contributed by atoms with van der Waals surface area (Å²) < 4.78 is 39.2. The van der Waals surface area contributed by atoms with Gasteiger partial charge >= 0.3 is 0 Å². The van der Waals surface area contributed by atoms with E-state index in [2.05, 4.69) is 4.72 Å². The standard InChI is InChI=1S/C25H25ClN2O5S/c1-16-13-23(33-3)24(15-21(16)26)34(30,31)27-19-8-11-22-18(14-19)5-4-12-28(22)25(29)17-6-9-20(32-2)10-7-17/h6-11,13-15,27H,4-5,12H2,1-3H3. The molecule has 1 aliphatic rings. The Bertz CT molecular complexity index is 1340. The van der Waals surface area contributed by atoms with E-state index in [1.54, 1.807) is 67.5 Å². The highest BCUT2D eigenvalue weighted by Crippen LogP contribution is 2.34. The van der Waals surface area contributed by atoms with E-state index < -0.39 is 10.0 Å². The highest BCUT2D eigenvalue weighted by molar-refractivity contribution is 7.92. The van der Waals surface area contributed by atoms with Crippen molar-refractivity contribution in [2.24, 2.45) is 0 Å². The normalized spacial score (nSPS) is 13.2. The summed E-state index contributed by atoms with van der Waals surface area (Å²) in [5, 5.41) is 0.333. The molecule has 0 saturated heterocycles. The molecule has 0 bridgehead atoms. The van der Waals surface area contributed by atoms with Gasteiger partial charge in [-0.3, -0.25) is 9.52 Å². The lowest BCUT2D eigenvalue weighted by molar-refractivity contribution is 0.0985. The molecular weight excluding hydrogens is 476 g/mol. The largest absolute Gasteiger partial charge is 0.497 e. The number of benzene rings is 3. The van der Waals surface area contributed by atoms with Crippen LogP contribution in [0.15, 0.2) is 59.5 Å². The Labute approximate surface area is 204 Å². The quantitative estimate of drug-likeness (QED) is 0.511. The summed E-state index contributed by atoms with van der Waals surface area (Å²) >= 11 is 6.17. The van der Waals surface area contributed by atoms with Crippen LogP contribution in [0.4, 0.5) is 11.4 Å². The second-order valence-electron chi connectivity index (χ2n) is 7.99. The van der Waals surface area contributed by atoms with Crippen molar-refractivity contribution in [3.8, 4) is 11.5 Å². The van der Waals surface area contributed by atoms with Crippen LogP contribution in [0.3, 0.4) is 0 Å². The Kier molecular flexibility index (Phi) is 6.72. The summed E-state index contributed by atoms with van der Waals surface area (Å²) in [7, 11) is -0.965. The van der Waals surface area contributed by atoms with Crippen molar-refractivity contribution in [2.45, 2.75) is 24.7 Å². The second kappa shape index (κ2) is 9.56. The predicted molar refractivity (Wildman–Crippen MR) is 133 cm³/mol. The zero-order chi connectivity index (χ0) is 24.5. The topological polar surface area (TPSA) is 84.9 Å². The molecule has 1 N–H and O–H groups in total. The third kappa shape index (κ3) is 4.69. The maximum absolute atomic E-state index is 13.1. The molecule has 0 aromatic heterocycles. The van der Waals surface area contributed by atoms with E-state index in [9.17, 15) is 13.2 Å². The van der Waals surface area contributed by atoms with Crippen molar-refractivity contribution in [3.63, 3.8) is 0 Å². The lowest BCUT2D eigenvalue weighted by Crippen LogP contribution is -2.35. The first-order valence-electron chi connectivity index (χ1n) is 10.7. The Hall–Kier alpha value is -3.23. The number of hydrogen-bond donors (Lipinski definition) is 1. The van der Waals surface area contributed by atoms with E-state index in [1.807, 2.05) is 0 Å². The minimum Gasteiger partial charge on any atom is -0.497 e. The molecule has 0 fully saturated rings. The van der Waals surface area contributed by atoms with Gasteiger partial charge in [0.15, 0.2) is 0 Å². The molecule has 0 saturated carbocycles. The van der Waals surface area contributed by atoms with Gasteiger partial charge in [-0.1, -0.05) is 11.6 Å². The van der Waals surface area contributed by atoms with Crippen LogP contribution in [-0.2, 0) is 16.4 Å². The number of amides is 1. The van der Waals surface area contributed by atoms with Crippen molar-refractivity contribution in [3.05, 3.63) is 76.3 Å². The minimum atomic E-state index is -3.95. The molecular formula is C25H25ClN2O5S. The minimum absolute atomic E-state index is 0.0420. The van der Waals surface area contributed by atoms with Crippen LogP contribution < -0.4 is 19.1 Å². The van der Waals surface area contributed by atoms with E-state index in [4.69, 9.17) is 21.1 Å². The van der Waals surface area contributed by atoms with Gasteiger partial charge in [-0.25, -0.2) is 8.42 Å². The van der Waals surface area contributed by atoms with Crippen LogP contribution in [-0.4, -0.2) is 35.1 Å². The lowest BCUT2D eigenvalue weighted by atomic mass is 10.00. The molecule has 4 rings (SSSR count). The summed E-state index contributed by atoms with van der Waals surface area (Å²) in [5.74, 6) is 0.776. The van der Waals surface area contributed by atoms with Gasteiger partial charge < -0.3 is 14.4 Å². The summed E-state index contributed by atoms with van der Waals surface area (Å²) in [6.45, 7) is 2.36. The number of carbonyl (C=O) groups is 1. The smallest absolute Gasteiger partial charge is 0.265 e. The first-order chi connectivity index (χ1) is 16.2. The number of halogens is 1. The number of carbonyl (C=O) groups excluding carboxylic acids is 1. The van der Waals surface area contributed by atoms with E-state index >= 15 is 0 Å². The number of sulfonamides is 1. The molecule has 0 radical (unpaired) electrons. The van der Waals surface area contributed by atoms with Gasteiger partial charge in [-0.15, -0.1) is 0 Å². The second-order valence-corrected chi connectivity index (χ2v) is 10.0. The molecule has 0 atom stereocenters. The number of fused-ring (bicyclic) bond motifs is 1. The maximum Gasteiger partial charge on any atom is 0.265 e. The van der Waals surface area contributed by atoms with Crippen molar-refractivity contribution in [1.29, 1.82) is 0 Å². The van der Waals surface area contributed by atoms with Crippen LogP contribution >= 0.6 is 11.6 Å². The van der Waals surface area contributed by atoms with E-state index in [-0.39, 0.29) is 16.6 Å². The highest BCUT2D eigenvalue weighted by atomic mass is 35.5. The Morgan fingerprint density at radius 2 is 1.76 bits per heavy atom. The zero-order valence-corrected chi connectivity index (χ0v) is 20.7. The molecule has 0 unspecified atom stereocenters. The summed E-state index contributed by atoms with van der Waals surface area (Å²) in [5.41, 5.74) is 3.33. The lowest BCUT2D eigenvalue weighted by Gasteiger charge is -2.30. The number of nitrogens with one attached hydrogen (secondary N) is 1. The zero-order valence-electron chi connectivity index (χ0n) is 19.1. The number of anilines is 2. The molecule has 3 aromatic carbocycles. The SMILES string of the molecule is COc1ccc(C(=O)N2CCCc3cc(NS(=O)(=O)c4cc(Cl)c(C)cc4OC)ccc32)cc1. The van der Waals surface area contributed by atoms with Crippen molar-refractivity contribution < 1.29 is 22.7 Å². The number of rotatable bonds is 6. The fourth-order valence-corrected chi connectivity index (χ4v) is 5.43. The molecule has 7 nitrogen and oxygen atoms in total. The van der Waals surface area contributed by atoms with E-state index in [1.165, 1.54) is 13.2 Å². The predicted octanol–water partition coefficient (Wildman–Crippen LogP) is 5.06. The summed E-state index contributed by atoms with van der Waals surface area (Å²) in [6, 6.07) is 15.1. The van der Waals surface area contributed by atoms with Crippen LogP contribution in [0.2, 0.25) is 5.02 Å². The fourth-order valence-electron chi connectivity index (χ4n) is 3.98. The summed E-state index contributed by atoms with van der Waals surface area (Å²) in [4.78, 5) is 14.8. The van der Waals surface area contributed by atoms with Crippen molar-refractivity contribution in [1.82, 2.24) is 0 Å². The molecule has 0 aliphatic carbocycles. The van der Waals surface area contributed by atoms with Gasteiger partial charge in [0.25, 0.3) is 15.9 Å². The summed E-state index contributed by atoms with van der Waals surface area (Å²) in [6.07, 6.45) is 1.50. The maximum atomic E-state index is 13.1. The van der Waals surface area contributed by atoms with Crippen LogP contribution in [0.1, 0.15) is 27.9 Å². The molecule has 3 aromatic rings. The van der Waals surface area contributed by atoms with Crippen LogP contribution in [0.25, 0.3) is 0 Å². The van der Waals surface area contributed by atoms with Gasteiger partial charge in [0.1, 0.15) is 16.4 Å². The van der Waals surface area contributed by atoms with Crippen LogP contribution in [0.5, 0.6) is 11.5 Å². The monoisotopic (exact) mass is 500 g/mol. The molecule has 34 heavy (non-hydrogen) atoms. The third-order valence-electron chi connectivity index (χ3n) is 5.77. The number of methoxy groups -OCH3 is 2. The molecule has 9 heteroatoms. The number of nitrogens with zero attached hydrogens (tertiary/aromatic N) is 1. The average molecular weight is 501 g/mol. The molecule has 0 spiro atoms. The first-order valence-corrected chi connectivity index (χ1v) is 12.6. The van der Waals surface area contributed by atoms with Gasteiger partial charge in [-0.05, 0) is 85.5 Å². The van der Waals surface area contributed by atoms with Gasteiger partial charge in [0.2, 0.25) is 0 Å². The highest BCUT2D eigenvalue weighted by Gasteiger charge is 2.26. The van der Waals surface area contributed by atoms with Gasteiger partial charge in [-0.2, -0.15) is 0 Å². The van der Waals surface area contributed by atoms with E-state index in [0.717, 1.165) is 24.1 Å².